The molecule has 0 aromatic carbocycles. The fourth-order valence-electron chi connectivity index (χ4n) is 4.23. The lowest BCUT2D eigenvalue weighted by molar-refractivity contribution is -0.126. The molecule has 0 bridgehead atoms. The zero-order chi connectivity index (χ0) is 18.1. The maximum atomic E-state index is 12.6. The van der Waals surface area contributed by atoms with Gasteiger partial charge in [0.05, 0.1) is 0 Å². The molecule has 0 unspecified atom stereocenters. The smallest absolute Gasteiger partial charge is 0.254 e. The predicted molar refractivity (Wildman–Crippen MR) is 100 cm³/mol. The van der Waals surface area contributed by atoms with Crippen molar-refractivity contribution in [3.05, 3.63) is 18.1 Å². The van der Waals surface area contributed by atoms with E-state index >= 15 is 0 Å². The van der Waals surface area contributed by atoms with Crippen LogP contribution in [0.4, 0.5) is 5.82 Å². The van der Waals surface area contributed by atoms with E-state index in [9.17, 15) is 4.79 Å². The van der Waals surface area contributed by atoms with Crippen LogP contribution in [0.25, 0.3) is 5.78 Å². The molecule has 1 saturated heterocycles. The Hall–Kier alpha value is -2.18. The molecule has 2 fully saturated rings. The van der Waals surface area contributed by atoms with E-state index in [0.29, 0.717) is 11.8 Å². The summed E-state index contributed by atoms with van der Waals surface area (Å²) in [5, 5.41) is 7.60. The number of piperidine rings is 1. The lowest BCUT2D eigenvalue weighted by Gasteiger charge is -2.34. The number of amides is 1. The van der Waals surface area contributed by atoms with Gasteiger partial charge in [-0.1, -0.05) is 6.92 Å². The number of hydrogen-bond acceptors (Lipinski definition) is 5. The number of nitrogens with zero attached hydrogens (tertiary/aromatic N) is 5. The largest absolute Gasteiger partial charge is 0.356 e. The highest BCUT2D eigenvalue weighted by atomic mass is 16.1. The number of anilines is 1. The Balaban J connectivity index is 1.36. The zero-order valence-electron chi connectivity index (χ0n) is 15.7. The van der Waals surface area contributed by atoms with E-state index in [1.165, 1.54) is 19.2 Å². The highest BCUT2D eigenvalue weighted by Crippen LogP contribution is 2.26. The predicted octanol–water partition coefficient (Wildman–Crippen LogP) is 2.34. The van der Waals surface area contributed by atoms with Crippen molar-refractivity contribution in [3.63, 3.8) is 0 Å². The molecule has 0 spiro atoms. The van der Waals surface area contributed by atoms with E-state index in [-0.39, 0.29) is 11.8 Å². The van der Waals surface area contributed by atoms with Gasteiger partial charge in [0.1, 0.15) is 12.1 Å². The SMILES string of the molecule is Cc1cc(N2CCC(C(=O)NC3CCC(C)CC3)CC2)n2ncnc2n1. The molecule has 1 amide bonds. The number of carbonyl (C=O) groups is 1. The van der Waals surface area contributed by atoms with Gasteiger partial charge in [-0.15, -0.1) is 0 Å². The monoisotopic (exact) mass is 356 g/mol. The summed E-state index contributed by atoms with van der Waals surface area (Å²) < 4.78 is 1.79. The molecule has 2 aromatic rings. The second-order valence-corrected chi connectivity index (χ2v) is 7.95. The van der Waals surface area contributed by atoms with Crippen molar-refractivity contribution in [1.82, 2.24) is 24.9 Å². The minimum Gasteiger partial charge on any atom is -0.356 e. The molecule has 0 radical (unpaired) electrons. The van der Waals surface area contributed by atoms with E-state index in [1.807, 2.05) is 13.0 Å². The number of fused-ring (bicyclic) bond motifs is 1. The molecule has 7 nitrogen and oxygen atoms in total. The first kappa shape index (κ1) is 17.2. The lowest BCUT2D eigenvalue weighted by atomic mass is 9.86. The van der Waals surface area contributed by atoms with Gasteiger partial charge in [0.2, 0.25) is 5.91 Å². The molecule has 140 valence electrons. The Morgan fingerprint density at radius 2 is 1.88 bits per heavy atom. The van der Waals surface area contributed by atoms with Gasteiger partial charge >= 0.3 is 0 Å². The second-order valence-electron chi connectivity index (χ2n) is 7.95. The number of nitrogens with one attached hydrogen (secondary N) is 1. The fourth-order valence-corrected chi connectivity index (χ4v) is 4.23. The van der Waals surface area contributed by atoms with Crippen LogP contribution in [0.2, 0.25) is 0 Å². The minimum atomic E-state index is 0.125. The van der Waals surface area contributed by atoms with Crippen molar-refractivity contribution in [2.45, 2.75) is 58.4 Å². The summed E-state index contributed by atoms with van der Waals surface area (Å²) in [7, 11) is 0. The Kier molecular flexibility index (Phi) is 4.78. The molecule has 1 aliphatic heterocycles. The number of carbonyl (C=O) groups excluding carboxylic acids is 1. The fraction of sp³-hybridized carbons (Fsp3) is 0.684. The van der Waals surface area contributed by atoms with E-state index < -0.39 is 0 Å². The number of hydrogen-bond donors (Lipinski definition) is 1. The summed E-state index contributed by atoms with van der Waals surface area (Å²) in [6.45, 7) is 6.00. The van der Waals surface area contributed by atoms with Crippen molar-refractivity contribution in [2.75, 3.05) is 18.0 Å². The molecule has 4 rings (SSSR count). The maximum Gasteiger partial charge on any atom is 0.254 e. The third-order valence-electron chi connectivity index (χ3n) is 5.91. The standard InChI is InChI=1S/C19H28N6O/c1-13-3-5-16(6-4-13)23-18(26)15-7-9-24(10-8-15)17-11-14(2)22-19-20-12-21-25(17)19/h11-13,15-16H,3-10H2,1-2H3,(H,23,26). The van der Waals surface area contributed by atoms with Crippen LogP contribution < -0.4 is 10.2 Å². The van der Waals surface area contributed by atoms with Crippen LogP contribution in [0, 0.1) is 18.8 Å². The average Bonchev–Trinajstić information content (AvgIpc) is 3.11. The molecule has 3 heterocycles. The van der Waals surface area contributed by atoms with Crippen molar-refractivity contribution in [2.24, 2.45) is 11.8 Å². The van der Waals surface area contributed by atoms with E-state index in [0.717, 1.165) is 56.2 Å². The Morgan fingerprint density at radius 1 is 1.15 bits per heavy atom. The summed E-state index contributed by atoms with van der Waals surface area (Å²) in [6, 6.07) is 2.43. The molecule has 1 saturated carbocycles. The third-order valence-corrected chi connectivity index (χ3v) is 5.91. The van der Waals surface area contributed by atoms with Crippen LogP contribution in [0.1, 0.15) is 51.1 Å². The van der Waals surface area contributed by atoms with Crippen LogP contribution in [0.5, 0.6) is 0 Å². The van der Waals surface area contributed by atoms with Crippen LogP contribution in [-0.4, -0.2) is 44.6 Å². The normalized spacial score (nSPS) is 24.8. The zero-order valence-corrected chi connectivity index (χ0v) is 15.7. The summed E-state index contributed by atoms with van der Waals surface area (Å²) in [6.07, 6.45) is 8.03. The van der Waals surface area contributed by atoms with Gasteiger partial charge in [0.25, 0.3) is 5.78 Å². The summed E-state index contributed by atoms with van der Waals surface area (Å²) in [5.41, 5.74) is 0.937. The summed E-state index contributed by atoms with van der Waals surface area (Å²) in [4.78, 5) is 23.5. The average molecular weight is 356 g/mol. The van der Waals surface area contributed by atoms with Gasteiger partial charge in [-0.2, -0.15) is 14.6 Å². The molecule has 7 heteroatoms. The van der Waals surface area contributed by atoms with Crippen LogP contribution >= 0.6 is 0 Å². The Morgan fingerprint density at radius 3 is 2.62 bits per heavy atom. The lowest BCUT2D eigenvalue weighted by Crippen LogP contribution is -2.45. The van der Waals surface area contributed by atoms with Gasteiger partial charge in [-0.05, 0) is 51.4 Å². The van der Waals surface area contributed by atoms with Crippen LogP contribution in [0.3, 0.4) is 0 Å². The third kappa shape index (κ3) is 3.52. The van der Waals surface area contributed by atoms with Crippen molar-refractivity contribution in [1.29, 1.82) is 0 Å². The number of aromatic nitrogens is 4. The van der Waals surface area contributed by atoms with Crippen LogP contribution in [0.15, 0.2) is 12.4 Å². The first-order chi connectivity index (χ1) is 12.6. The van der Waals surface area contributed by atoms with Crippen molar-refractivity contribution >= 4 is 17.5 Å². The first-order valence-electron chi connectivity index (χ1n) is 9.83. The van der Waals surface area contributed by atoms with Gasteiger partial charge in [-0.25, -0.2) is 4.98 Å². The highest BCUT2D eigenvalue weighted by Gasteiger charge is 2.28. The number of rotatable bonds is 3. The quantitative estimate of drug-likeness (QED) is 0.914. The van der Waals surface area contributed by atoms with Crippen LogP contribution in [-0.2, 0) is 4.79 Å². The van der Waals surface area contributed by atoms with Gasteiger partial charge in [0, 0.05) is 36.8 Å². The molecule has 1 N–H and O–H groups in total. The molecule has 26 heavy (non-hydrogen) atoms. The van der Waals surface area contributed by atoms with E-state index in [1.54, 1.807) is 4.52 Å². The second kappa shape index (κ2) is 7.21. The van der Waals surface area contributed by atoms with Crippen molar-refractivity contribution < 1.29 is 4.79 Å². The maximum absolute atomic E-state index is 12.6. The molecule has 2 aromatic heterocycles. The topological polar surface area (TPSA) is 75.4 Å². The molecule has 1 aliphatic carbocycles. The summed E-state index contributed by atoms with van der Waals surface area (Å²) >= 11 is 0. The van der Waals surface area contributed by atoms with Gasteiger partial charge < -0.3 is 10.2 Å². The first-order valence-corrected chi connectivity index (χ1v) is 9.83. The number of aryl methyl sites for hydroxylation is 1. The molecular formula is C19H28N6O. The molecule has 2 aliphatic rings. The van der Waals surface area contributed by atoms with E-state index in [2.05, 4.69) is 32.2 Å². The Labute approximate surface area is 154 Å². The van der Waals surface area contributed by atoms with Crippen molar-refractivity contribution in [3.8, 4) is 0 Å². The molecule has 0 atom stereocenters. The molecular weight excluding hydrogens is 328 g/mol. The van der Waals surface area contributed by atoms with Gasteiger partial charge in [-0.3, -0.25) is 4.79 Å². The minimum absolute atomic E-state index is 0.125. The highest BCUT2D eigenvalue weighted by molar-refractivity contribution is 5.79. The van der Waals surface area contributed by atoms with Gasteiger partial charge in [0.15, 0.2) is 0 Å². The van der Waals surface area contributed by atoms with E-state index in [4.69, 9.17) is 0 Å². The summed E-state index contributed by atoms with van der Waals surface area (Å²) in [5.74, 6) is 2.83. The Bertz CT molecular complexity index is 771.